The summed E-state index contributed by atoms with van der Waals surface area (Å²) in [5.41, 5.74) is 0.991. The van der Waals surface area contributed by atoms with Gasteiger partial charge in [0.05, 0.1) is 0 Å². The average Bonchev–Trinajstić information content (AvgIpc) is 2.06. The van der Waals surface area contributed by atoms with Crippen LogP contribution >= 0.6 is 0 Å². The van der Waals surface area contributed by atoms with Crippen LogP contribution in [0.4, 0.5) is 0 Å². The summed E-state index contributed by atoms with van der Waals surface area (Å²) in [6, 6.07) is 0. The Labute approximate surface area is 66.9 Å². The van der Waals surface area contributed by atoms with Crippen molar-refractivity contribution in [1.82, 2.24) is 0 Å². The molecule has 0 saturated heterocycles. The van der Waals surface area contributed by atoms with Crippen LogP contribution in [-0.4, -0.2) is 12.4 Å². The Kier molecular flexibility index (Phi) is 2.78. The molecule has 1 N–H and O–H groups in total. The van der Waals surface area contributed by atoms with E-state index in [1.54, 1.807) is 12.3 Å². The molecule has 1 rings (SSSR count). The fourth-order valence-electron chi connectivity index (χ4n) is 1.10. The van der Waals surface area contributed by atoms with Gasteiger partial charge in [-0.3, -0.25) is 4.99 Å². The molecule has 2 nitrogen and oxygen atoms in total. The largest absolute Gasteiger partial charge is 0.309 e. The minimum atomic E-state index is 0.404. The van der Waals surface area contributed by atoms with Crippen molar-refractivity contribution in [2.24, 2.45) is 10.9 Å². The second-order valence-corrected chi connectivity index (χ2v) is 2.44. The average molecular weight is 148 g/mol. The van der Waals surface area contributed by atoms with Crippen molar-refractivity contribution in [2.45, 2.75) is 13.3 Å². The lowest BCUT2D eigenvalue weighted by molar-refractivity contribution is 0.716. The van der Waals surface area contributed by atoms with E-state index in [0.29, 0.717) is 5.92 Å². The highest BCUT2D eigenvalue weighted by Gasteiger charge is 2.08. The van der Waals surface area contributed by atoms with E-state index in [2.05, 4.69) is 18.0 Å². The summed E-state index contributed by atoms with van der Waals surface area (Å²) in [4.78, 5) is 4.17. The first-order chi connectivity index (χ1) is 5.38. The van der Waals surface area contributed by atoms with Crippen LogP contribution in [0.3, 0.4) is 0 Å². The molecule has 0 amide bonds. The van der Waals surface area contributed by atoms with Crippen molar-refractivity contribution in [1.29, 1.82) is 5.41 Å². The van der Waals surface area contributed by atoms with Gasteiger partial charge in [-0.2, -0.15) is 0 Å². The van der Waals surface area contributed by atoms with E-state index in [9.17, 15) is 0 Å². The fourth-order valence-corrected chi connectivity index (χ4v) is 1.10. The summed E-state index contributed by atoms with van der Waals surface area (Å²) in [7, 11) is 0. The first-order valence-electron chi connectivity index (χ1n) is 3.80. The zero-order valence-corrected chi connectivity index (χ0v) is 6.62. The first-order valence-corrected chi connectivity index (χ1v) is 3.80. The lowest BCUT2D eigenvalue weighted by Gasteiger charge is -2.12. The molecule has 11 heavy (non-hydrogen) atoms. The molecule has 0 aliphatic carbocycles. The van der Waals surface area contributed by atoms with Crippen LogP contribution in [0.5, 0.6) is 0 Å². The molecule has 0 saturated carbocycles. The number of aliphatic imine (C=N–C) groups is 1. The number of dihydropyridines is 1. The van der Waals surface area contributed by atoms with Crippen molar-refractivity contribution in [2.75, 3.05) is 0 Å². The lowest BCUT2D eigenvalue weighted by atomic mass is 10.0. The van der Waals surface area contributed by atoms with Gasteiger partial charge in [-0.1, -0.05) is 13.0 Å². The highest BCUT2D eigenvalue weighted by molar-refractivity contribution is 5.76. The van der Waals surface area contributed by atoms with E-state index in [1.165, 1.54) is 6.21 Å². The number of allylic oxidation sites excluding steroid dienone is 3. The molecule has 0 spiro atoms. The molecule has 1 atom stereocenters. The summed E-state index contributed by atoms with van der Waals surface area (Å²) in [5.74, 6) is 0.404. The maximum absolute atomic E-state index is 6.90. The van der Waals surface area contributed by atoms with Gasteiger partial charge < -0.3 is 5.41 Å². The number of nitrogens with one attached hydrogen (secondary N) is 1. The van der Waals surface area contributed by atoms with Crippen LogP contribution in [0.15, 0.2) is 28.9 Å². The minimum Gasteiger partial charge on any atom is -0.309 e. The summed E-state index contributed by atoms with van der Waals surface area (Å²) < 4.78 is 0. The van der Waals surface area contributed by atoms with Crippen molar-refractivity contribution in [3.8, 4) is 0 Å². The Morgan fingerprint density at radius 2 is 2.55 bits per heavy atom. The van der Waals surface area contributed by atoms with Crippen LogP contribution in [-0.2, 0) is 0 Å². The van der Waals surface area contributed by atoms with E-state index in [-0.39, 0.29) is 0 Å². The quantitative estimate of drug-likeness (QED) is 0.583. The predicted octanol–water partition coefficient (Wildman–Crippen LogP) is 2.19. The molecular formula is C9H12N2. The van der Waals surface area contributed by atoms with Crippen molar-refractivity contribution in [3.05, 3.63) is 23.9 Å². The number of hydrogen-bond acceptors (Lipinski definition) is 2. The van der Waals surface area contributed by atoms with E-state index in [4.69, 9.17) is 5.41 Å². The molecule has 58 valence electrons. The molecule has 0 bridgehead atoms. The van der Waals surface area contributed by atoms with Crippen molar-refractivity contribution < 1.29 is 0 Å². The Balaban J connectivity index is 2.78. The van der Waals surface area contributed by atoms with Gasteiger partial charge in [-0.25, -0.2) is 0 Å². The Morgan fingerprint density at radius 1 is 1.73 bits per heavy atom. The Morgan fingerprint density at radius 3 is 3.18 bits per heavy atom. The smallest absolute Gasteiger partial charge is 0.0487 e. The van der Waals surface area contributed by atoms with Gasteiger partial charge in [0.2, 0.25) is 0 Å². The van der Waals surface area contributed by atoms with Gasteiger partial charge in [-0.15, -0.1) is 0 Å². The molecule has 0 fully saturated rings. The summed E-state index contributed by atoms with van der Waals surface area (Å²) in [6.07, 6.45) is 9.91. The molecule has 0 aromatic carbocycles. The normalized spacial score (nSPS) is 25.9. The molecule has 1 heterocycles. The predicted molar refractivity (Wildman–Crippen MR) is 48.3 cm³/mol. The number of rotatable bonds is 2. The molecule has 1 aliphatic rings. The number of hydrogen-bond donors (Lipinski definition) is 1. The molecule has 1 aliphatic heterocycles. The third kappa shape index (κ3) is 1.87. The van der Waals surface area contributed by atoms with Gasteiger partial charge in [0.15, 0.2) is 0 Å². The highest BCUT2D eigenvalue weighted by Crippen LogP contribution is 2.19. The van der Waals surface area contributed by atoms with E-state index < -0.39 is 0 Å². The monoisotopic (exact) mass is 148 g/mol. The topological polar surface area (TPSA) is 36.2 Å². The maximum Gasteiger partial charge on any atom is 0.0487 e. The van der Waals surface area contributed by atoms with Gasteiger partial charge in [-0.05, 0) is 18.6 Å². The van der Waals surface area contributed by atoms with Gasteiger partial charge in [0.1, 0.15) is 0 Å². The van der Waals surface area contributed by atoms with Gasteiger partial charge in [0, 0.05) is 24.0 Å². The van der Waals surface area contributed by atoms with E-state index in [0.717, 1.165) is 12.1 Å². The zero-order chi connectivity index (χ0) is 8.10. The molecule has 0 aromatic heterocycles. The molecule has 0 aromatic rings. The maximum atomic E-state index is 6.90. The molecule has 0 radical (unpaired) electrons. The summed E-state index contributed by atoms with van der Waals surface area (Å²) in [5, 5.41) is 6.90. The third-order valence-electron chi connectivity index (χ3n) is 1.73. The molecule has 1 unspecified atom stereocenters. The van der Waals surface area contributed by atoms with Crippen molar-refractivity contribution in [3.63, 3.8) is 0 Å². The first kappa shape index (κ1) is 7.92. The Bertz CT molecular complexity index is 224. The SMILES string of the molecule is CCC1C=CC=N/C1=C/C=N. The van der Waals surface area contributed by atoms with Gasteiger partial charge >= 0.3 is 0 Å². The standard InChI is InChI=1S/C9H12N2/c1-2-8-4-3-7-11-9(8)5-6-10/h3-8,10H,2H2,1H3/b9-5+,10-6?. The van der Waals surface area contributed by atoms with Crippen LogP contribution in [0.2, 0.25) is 0 Å². The van der Waals surface area contributed by atoms with E-state index in [1.807, 2.05) is 6.08 Å². The van der Waals surface area contributed by atoms with Crippen LogP contribution in [0.1, 0.15) is 13.3 Å². The third-order valence-corrected chi connectivity index (χ3v) is 1.73. The number of nitrogens with zero attached hydrogens (tertiary/aromatic N) is 1. The Hall–Kier alpha value is -1.18. The highest BCUT2D eigenvalue weighted by atomic mass is 14.7. The lowest BCUT2D eigenvalue weighted by Crippen LogP contribution is -2.01. The van der Waals surface area contributed by atoms with Crippen LogP contribution < -0.4 is 0 Å². The van der Waals surface area contributed by atoms with E-state index >= 15 is 0 Å². The molecule has 2 heteroatoms. The van der Waals surface area contributed by atoms with Crippen molar-refractivity contribution >= 4 is 12.4 Å². The zero-order valence-electron chi connectivity index (χ0n) is 6.62. The van der Waals surface area contributed by atoms with Crippen LogP contribution in [0, 0.1) is 11.3 Å². The second kappa shape index (κ2) is 3.86. The summed E-state index contributed by atoms with van der Waals surface area (Å²) >= 11 is 0. The van der Waals surface area contributed by atoms with Crippen LogP contribution in [0.25, 0.3) is 0 Å². The van der Waals surface area contributed by atoms with Gasteiger partial charge in [0.25, 0.3) is 0 Å². The minimum absolute atomic E-state index is 0.404. The fraction of sp³-hybridized carbons (Fsp3) is 0.333. The summed E-state index contributed by atoms with van der Waals surface area (Å²) in [6.45, 7) is 2.12. The second-order valence-electron chi connectivity index (χ2n) is 2.44. The molecular weight excluding hydrogens is 136 g/mol.